The highest BCUT2D eigenvalue weighted by Gasteiger charge is 2.15. The number of methoxy groups -OCH3 is 1. The van der Waals surface area contributed by atoms with Crippen LogP contribution in [0, 0.1) is 13.8 Å². The third-order valence-corrected chi connectivity index (χ3v) is 3.40. The lowest BCUT2D eigenvalue weighted by Crippen LogP contribution is -2.13. The van der Waals surface area contributed by atoms with E-state index in [0.717, 1.165) is 11.3 Å². The lowest BCUT2D eigenvalue weighted by atomic mass is 10.1. The minimum Gasteiger partial charge on any atom is -0.495 e. The summed E-state index contributed by atoms with van der Waals surface area (Å²) in [6.45, 7) is 6.40. The maximum absolute atomic E-state index is 5.44. The number of hydrogen-bond donors (Lipinski definition) is 2. The molecule has 92 valence electrons. The SMILES string of the molecule is CNC(C)c1[nH]c2c(OC)cc(C)cc2c1C. The molecule has 0 saturated carbocycles. The van der Waals surface area contributed by atoms with Crippen molar-refractivity contribution in [3.05, 3.63) is 29.0 Å². The Kier molecular flexibility index (Phi) is 3.11. The molecule has 1 heterocycles. The van der Waals surface area contributed by atoms with Crippen LogP contribution in [-0.4, -0.2) is 19.1 Å². The van der Waals surface area contributed by atoms with Crippen molar-refractivity contribution in [1.29, 1.82) is 0 Å². The van der Waals surface area contributed by atoms with Gasteiger partial charge in [0.25, 0.3) is 0 Å². The van der Waals surface area contributed by atoms with E-state index < -0.39 is 0 Å². The molecule has 0 fully saturated rings. The quantitative estimate of drug-likeness (QED) is 0.853. The molecule has 1 atom stereocenters. The smallest absolute Gasteiger partial charge is 0.143 e. The number of rotatable bonds is 3. The topological polar surface area (TPSA) is 37.0 Å². The molecule has 3 heteroatoms. The maximum Gasteiger partial charge on any atom is 0.143 e. The molecule has 0 bridgehead atoms. The Morgan fingerprint density at radius 2 is 2.00 bits per heavy atom. The first-order valence-electron chi connectivity index (χ1n) is 5.92. The van der Waals surface area contributed by atoms with Crippen molar-refractivity contribution in [3.63, 3.8) is 0 Å². The van der Waals surface area contributed by atoms with Crippen LogP contribution in [0.15, 0.2) is 12.1 Å². The highest BCUT2D eigenvalue weighted by Crippen LogP contribution is 2.32. The number of benzene rings is 1. The van der Waals surface area contributed by atoms with E-state index in [1.807, 2.05) is 7.05 Å². The number of ether oxygens (including phenoxy) is 1. The Labute approximate surface area is 102 Å². The van der Waals surface area contributed by atoms with Crippen molar-refractivity contribution >= 4 is 10.9 Å². The van der Waals surface area contributed by atoms with E-state index in [0.29, 0.717) is 6.04 Å². The first-order valence-corrected chi connectivity index (χ1v) is 5.92. The van der Waals surface area contributed by atoms with Gasteiger partial charge in [-0.3, -0.25) is 0 Å². The van der Waals surface area contributed by atoms with E-state index in [2.05, 4.69) is 43.2 Å². The highest BCUT2D eigenvalue weighted by molar-refractivity contribution is 5.90. The lowest BCUT2D eigenvalue weighted by Gasteiger charge is -2.08. The number of aromatic amines is 1. The van der Waals surface area contributed by atoms with Crippen molar-refractivity contribution in [1.82, 2.24) is 10.3 Å². The maximum atomic E-state index is 5.44. The Balaban J connectivity index is 2.72. The van der Waals surface area contributed by atoms with E-state index in [-0.39, 0.29) is 0 Å². The number of fused-ring (bicyclic) bond motifs is 1. The summed E-state index contributed by atoms with van der Waals surface area (Å²) < 4.78 is 5.44. The largest absolute Gasteiger partial charge is 0.495 e. The average molecular weight is 232 g/mol. The van der Waals surface area contributed by atoms with E-state index in [4.69, 9.17) is 4.74 Å². The van der Waals surface area contributed by atoms with Gasteiger partial charge < -0.3 is 15.0 Å². The molecule has 2 aromatic rings. The number of hydrogen-bond acceptors (Lipinski definition) is 2. The summed E-state index contributed by atoms with van der Waals surface area (Å²) in [5.74, 6) is 0.914. The van der Waals surface area contributed by atoms with Gasteiger partial charge in [-0.1, -0.05) is 0 Å². The Bertz CT molecular complexity index is 543. The zero-order valence-electron chi connectivity index (χ0n) is 11.1. The molecule has 0 aliphatic heterocycles. The van der Waals surface area contributed by atoms with Crippen LogP contribution in [-0.2, 0) is 0 Å². The van der Waals surface area contributed by atoms with Crippen LogP contribution in [0.2, 0.25) is 0 Å². The number of H-pyrrole nitrogens is 1. The van der Waals surface area contributed by atoms with Crippen LogP contribution in [0.4, 0.5) is 0 Å². The van der Waals surface area contributed by atoms with Gasteiger partial charge in [0.15, 0.2) is 0 Å². The van der Waals surface area contributed by atoms with Crippen LogP contribution in [0.5, 0.6) is 5.75 Å². The summed E-state index contributed by atoms with van der Waals surface area (Å²) in [7, 11) is 3.68. The molecule has 0 spiro atoms. The molecule has 0 amide bonds. The number of aryl methyl sites for hydroxylation is 2. The van der Waals surface area contributed by atoms with Gasteiger partial charge in [-0.05, 0) is 51.1 Å². The predicted octanol–water partition coefficient (Wildman–Crippen LogP) is 3.07. The summed E-state index contributed by atoms with van der Waals surface area (Å²) in [5.41, 5.74) is 4.84. The van der Waals surface area contributed by atoms with Crippen LogP contribution in [0.25, 0.3) is 10.9 Å². The summed E-state index contributed by atoms with van der Waals surface area (Å²) in [6, 6.07) is 4.58. The summed E-state index contributed by atoms with van der Waals surface area (Å²) in [4.78, 5) is 3.47. The molecule has 0 aliphatic carbocycles. The van der Waals surface area contributed by atoms with E-state index >= 15 is 0 Å². The fourth-order valence-electron chi connectivity index (χ4n) is 2.29. The normalized spacial score (nSPS) is 13.0. The average Bonchev–Trinajstić information content (AvgIpc) is 2.65. The van der Waals surface area contributed by atoms with Crippen LogP contribution < -0.4 is 10.1 Å². The molecular formula is C14H20N2O. The molecule has 1 aromatic heterocycles. The van der Waals surface area contributed by atoms with E-state index in [1.165, 1.54) is 22.2 Å². The highest BCUT2D eigenvalue weighted by atomic mass is 16.5. The molecule has 0 saturated heterocycles. The third kappa shape index (κ3) is 1.91. The predicted molar refractivity (Wildman–Crippen MR) is 71.8 cm³/mol. The molecule has 0 aliphatic rings. The second kappa shape index (κ2) is 4.41. The molecule has 3 nitrogen and oxygen atoms in total. The van der Waals surface area contributed by atoms with E-state index in [1.54, 1.807) is 7.11 Å². The van der Waals surface area contributed by atoms with Gasteiger partial charge in [-0.15, -0.1) is 0 Å². The molecule has 1 unspecified atom stereocenters. The summed E-state index contributed by atoms with van der Waals surface area (Å²) in [6.07, 6.45) is 0. The second-order valence-electron chi connectivity index (χ2n) is 4.56. The zero-order valence-corrected chi connectivity index (χ0v) is 11.1. The zero-order chi connectivity index (χ0) is 12.6. The van der Waals surface area contributed by atoms with Gasteiger partial charge in [-0.25, -0.2) is 0 Å². The molecular weight excluding hydrogens is 212 g/mol. The fourth-order valence-corrected chi connectivity index (χ4v) is 2.29. The second-order valence-corrected chi connectivity index (χ2v) is 4.56. The summed E-state index contributed by atoms with van der Waals surface area (Å²) in [5, 5.41) is 4.51. The molecule has 1 aromatic carbocycles. The standard InChI is InChI=1S/C14H20N2O/c1-8-6-11-9(2)13(10(3)15-4)16-14(11)12(7-8)17-5/h6-7,10,15-16H,1-5H3. The van der Waals surface area contributed by atoms with Gasteiger partial charge in [-0.2, -0.15) is 0 Å². The van der Waals surface area contributed by atoms with Crippen LogP contribution in [0.1, 0.15) is 29.8 Å². The van der Waals surface area contributed by atoms with Crippen molar-refractivity contribution < 1.29 is 4.74 Å². The Hall–Kier alpha value is -1.48. The van der Waals surface area contributed by atoms with Gasteiger partial charge >= 0.3 is 0 Å². The van der Waals surface area contributed by atoms with Crippen molar-refractivity contribution in [2.24, 2.45) is 0 Å². The molecule has 0 radical (unpaired) electrons. The third-order valence-electron chi connectivity index (χ3n) is 3.40. The minimum absolute atomic E-state index is 0.312. The Morgan fingerprint density at radius 1 is 1.29 bits per heavy atom. The first-order chi connectivity index (χ1) is 8.08. The van der Waals surface area contributed by atoms with Crippen molar-refractivity contribution in [3.8, 4) is 5.75 Å². The first kappa shape index (κ1) is 12.0. The van der Waals surface area contributed by atoms with Crippen LogP contribution in [0.3, 0.4) is 0 Å². The lowest BCUT2D eigenvalue weighted by molar-refractivity contribution is 0.418. The van der Waals surface area contributed by atoms with Crippen LogP contribution >= 0.6 is 0 Å². The minimum atomic E-state index is 0.312. The molecule has 17 heavy (non-hydrogen) atoms. The number of nitrogens with one attached hydrogen (secondary N) is 2. The van der Waals surface area contributed by atoms with Gasteiger partial charge in [0.1, 0.15) is 5.75 Å². The van der Waals surface area contributed by atoms with Crippen molar-refractivity contribution in [2.45, 2.75) is 26.8 Å². The van der Waals surface area contributed by atoms with Gasteiger partial charge in [0.05, 0.1) is 12.6 Å². The van der Waals surface area contributed by atoms with Gasteiger partial charge in [0.2, 0.25) is 0 Å². The Morgan fingerprint density at radius 3 is 2.59 bits per heavy atom. The fraction of sp³-hybridized carbons (Fsp3) is 0.429. The molecule has 2 rings (SSSR count). The van der Waals surface area contributed by atoms with E-state index in [9.17, 15) is 0 Å². The van der Waals surface area contributed by atoms with Gasteiger partial charge in [0, 0.05) is 17.1 Å². The summed E-state index contributed by atoms with van der Waals surface area (Å²) >= 11 is 0. The van der Waals surface area contributed by atoms with Crippen molar-refractivity contribution in [2.75, 3.05) is 14.2 Å². The number of aromatic nitrogens is 1. The monoisotopic (exact) mass is 232 g/mol. The molecule has 2 N–H and O–H groups in total.